The van der Waals surface area contributed by atoms with Gasteiger partial charge in [-0.15, -0.1) is 0 Å². The maximum absolute atomic E-state index is 14.0. The minimum absolute atomic E-state index is 0.179. The van der Waals surface area contributed by atoms with E-state index >= 15 is 0 Å². The summed E-state index contributed by atoms with van der Waals surface area (Å²) < 4.78 is 18.5. The van der Waals surface area contributed by atoms with Crippen LogP contribution in [0.2, 0.25) is 5.02 Å². The monoisotopic (exact) mass is 619 g/mol. The molecule has 4 aromatic rings. The zero-order valence-corrected chi connectivity index (χ0v) is 25.9. The van der Waals surface area contributed by atoms with Gasteiger partial charge in [0.05, 0.1) is 40.6 Å². The van der Waals surface area contributed by atoms with Gasteiger partial charge < -0.3 is 18.8 Å². The summed E-state index contributed by atoms with van der Waals surface area (Å²) >= 11 is 7.38. The molecule has 0 radical (unpaired) electrons. The molecule has 1 aliphatic heterocycles. The van der Waals surface area contributed by atoms with Crippen LogP contribution in [0.5, 0.6) is 5.75 Å². The van der Waals surface area contributed by atoms with Gasteiger partial charge in [-0.1, -0.05) is 41.1 Å². The Morgan fingerprint density at radius 2 is 1.86 bits per heavy atom. The highest BCUT2D eigenvalue weighted by molar-refractivity contribution is 7.07. The van der Waals surface area contributed by atoms with Crippen LogP contribution in [0.1, 0.15) is 48.5 Å². The van der Waals surface area contributed by atoms with E-state index in [0.717, 1.165) is 0 Å². The molecule has 1 amide bonds. The summed E-state index contributed by atoms with van der Waals surface area (Å²) in [6.45, 7) is 6.67. The number of methoxy groups -OCH3 is 2. The minimum atomic E-state index is -0.736. The van der Waals surface area contributed by atoms with Gasteiger partial charge in [0.25, 0.3) is 11.5 Å². The van der Waals surface area contributed by atoms with Crippen molar-refractivity contribution in [2.75, 3.05) is 27.3 Å². The molecule has 43 heavy (non-hydrogen) atoms. The van der Waals surface area contributed by atoms with Gasteiger partial charge in [-0.05, 0) is 57.2 Å². The number of amides is 1. The Labute approximate surface area is 256 Å². The SMILES string of the molecule is CCN(CC)C(=O)C1=C(C)N=c2s/c(=C/c3ccc(-c4ccc(Cl)c(C(=O)OC)c4)o3)c(=O)n2[C@H]1c1ccccc1OC. The molecule has 0 bridgehead atoms. The number of nitrogens with zero attached hydrogens (tertiary/aromatic N) is 3. The summed E-state index contributed by atoms with van der Waals surface area (Å²) in [6.07, 6.45) is 1.65. The summed E-state index contributed by atoms with van der Waals surface area (Å²) in [4.78, 5) is 46.9. The summed E-state index contributed by atoms with van der Waals surface area (Å²) in [5.41, 5.74) is 2.19. The number of esters is 1. The number of ether oxygens (including phenoxy) is 2. The van der Waals surface area contributed by atoms with E-state index in [-0.39, 0.29) is 22.1 Å². The number of carbonyl (C=O) groups is 2. The van der Waals surface area contributed by atoms with Gasteiger partial charge in [0, 0.05) is 30.3 Å². The zero-order chi connectivity index (χ0) is 30.8. The van der Waals surface area contributed by atoms with Crippen LogP contribution in [0.25, 0.3) is 17.4 Å². The molecule has 0 aliphatic carbocycles. The van der Waals surface area contributed by atoms with Gasteiger partial charge in [-0.3, -0.25) is 14.2 Å². The number of hydrogen-bond donors (Lipinski definition) is 0. The van der Waals surface area contributed by atoms with Gasteiger partial charge in [-0.2, -0.15) is 0 Å². The van der Waals surface area contributed by atoms with Gasteiger partial charge in [0.1, 0.15) is 23.3 Å². The topological polar surface area (TPSA) is 103 Å². The number of furan rings is 1. The average Bonchev–Trinajstić information content (AvgIpc) is 3.60. The Morgan fingerprint density at radius 1 is 1.12 bits per heavy atom. The van der Waals surface area contributed by atoms with Crippen LogP contribution in [0, 0.1) is 0 Å². The molecule has 2 aromatic heterocycles. The third-order valence-electron chi connectivity index (χ3n) is 7.29. The van der Waals surface area contributed by atoms with Crippen LogP contribution >= 0.6 is 22.9 Å². The fraction of sp³-hybridized carbons (Fsp3) is 0.250. The van der Waals surface area contributed by atoms with E-state index in [9.17, 15) is 14.4 Å². The fourth-order valence-electron chi connectivity index (χ4n) is 5.12. The van der Waals surface area contributed by atoms with Crippen LogP contribution < -0.4 is 19.6 Å². The third kappa shape index (κ3) is 5.55. The molecular weight excluding hydrogens is 590 g/mol. The Hall–Kier alpha value is -4.41. The first-order valence-corrected chi connectivity index (χ1v) is 14.8. The van der Waals surface area contributed by atoms with Crippen molar-refractivity contribution in [3.63, 3.8) is 0 Å². The number of hydrogen-bond acceptors (Lipinski definition) is 8. The van der Waals surface area contributed by atoms with Crippen molar-refractivity contribution < 1.29 is 23.5 Å². The molecule has 1 atom stereocenters. The van der Waals surface area contributed by atoms with Crippen molar-refractivity contribution in [1.82, 2.24) is 9.47 Å². The van der Waals surface area contributed by atoms with Crippen LogP contribution in [-0.2, 0) is 9.53 Å². The van der Waals surface area contributed by atoms with Crippen LogP contribution in [-0.4, -0.2) is 48.7 Å². The molecule has 9 nitrogen and oxygen atoms in total. The van der Waals surface area contributed by atoms with E-state index in [1.807, 2.05) is 38.1 Å². The standard InChI is InChI=1S/C32H30ClN3O6S/c1-6-35(7-2)30(38)27-18(3)34-32-36(28(27)21-10-8-9-11-25(21)40-4)29(37)26(43-32)17-20-13-15-24(42-20)19-12-14-23(33)22(16-19)31(39)41-5/h8-17,28H,6-7H2,1-5H3/b26-17+/t28-/m0/s1. The number of halogens is 1. The second-order valence-electron chi connectivity index (χ2n) is 9.69. The number of allylic oxidation sites excluding steroid dienone is 1. The van der Waals surface area contributed by atoms with Gasteiger partial charge in [0.15, 0.2) is 4.80 Å². The maximum Gasteiger partial charge on any atom is 0.339 e. The number of para-hydroxylation sites is 1. The van der Waals surface area contributed by atoms with Crippen molar-refractivity contribution in [2.24, 2.45) is 4.99 Å². The van der Waals surface area contributed by atoms with E-state index in [1.165, 1.54) is 18.4 Å². The van der Waals surface area contributed by atoms with Crippen molar-refractivity contribution in [2.45, 2.75) is 26.8 Å². The van der Waals surface area contributed by atoms with Crippen molar-refractivity contribution in [3.8, 4) is 17.1 Å². The van der Waals surface area contributed by atoms with Crippen LogP contribution in [0.4, 0.5) is 0 Å². The van der Waals surface area contributed by atoms with Crippen LogP contribution in [0.3, 0.4) is 0 Å². The highest BCUT2D eigenvalue weighted by atomic mass is 35.5. The van der Waals surface area contributed by atoms with E-state index in [1.54, 1.807) is 59.9 Å². The van der Waals surface area contributed by atoms with E-state index < -0.39 is 12.0 Å². The molecule has 222 valence electrons. The zero-order valence-electron chi connectivity index (χ0n) is 24.3. The molecule has 0 saturated carbocycles. The molecule has 0 N–H and O–H groups in total. The number of carbonyl (C=O) groups excluding carboxylic acids is 2. The predicted octanol–water partition coefficient (Wildman–Crippen LogP) is 4.81. The Kier molecular flexibility index (Phi) is 8.70. The highest BCUT2D eigenvalue weighted by Crippen LogP contribution is 2.36. The average molecular weight is 620 g/mol. The van der Waals surface area contributed by atoms with Gasteiger partial charge in [0.2, 0.25) is 0 Å². The fourth-order valence-corrected chi connectivity index (χ4v) is 6.34. The van der Waals surface area contributed by atoms with Crippen molar-refractivity contribution >= 4 is 40.9 Å². The quantitative estimate of drug-likeness (QED) is 0.262. The molecule has 5 rings (SSSR count). The number of aromatic nitrogens is 1. The number of likely N-dealkylation sites (N-methyl/N-ethyl adjacent to an activating group) is 1. The molecule has 0 spiro atoms. The first-order valence-electron chi connectivity index (χ1n) is 13.6. The van der Waals surface area contributed by atoms with Gasteiger partial charge in [-0.25, -0.2) is 9.79 Å². The molecule has 0 fully saturated rings. The molecular formula is C32H30ClN3O6S. The van der Waals surface area contributed by atoms with Crippen molar-refractivity contribution in [3.05, 3.63) is 107 Å². The van der Waals surface area contributed by atoms with Gasteiger partial charge >= 0.3 is 5.97 Å². The number of rotatable bonds is 8. The maximum atomic E-state index is 14.0. The lowest BCUT2D eigenvalue weighted by Crippen LogP contribution is -2.43. The van der Waals surface area contributed by atoms with Crippen LogP contribution in [0.15, 0.2) is 80.1 Å². The summed E-state index contributed by atoms with van der Waals surface area (Å²) in [5.74, 6) is 0.737. The second kappa shape index (κ2) is 12.4. The van der Waals surface area contributed by atoms with E-state index in [4.69, 9.17) is 30.5 Å². The summed E-state index contributed by atoms with van der Waals surface area (Å²) in [5, 5.41) is 0.266. The Bertz CT molecular complexity index is 1930. The number of benzene rings is 2. The highest BCUT2D eigenvalue weighted by Gasteiger charge is 2.35. The molecule has 0 saturated heterocycles. The first kappa shape index (κ1) is 30.1. The largest absolute Gasteiger partial charge is 0.496 e. The molecule has 3 heterocycles. The van der Waals surface area contributed by atoms with Crippen molar-refractivity contribution in [1.29, 1.82) is 0 Å². The lowest BCUT2D eigenvalue weighted by Gasteiger charge is -2.29. The molecule has 11 heteroatoms. The van der Waals surface area contributed by atoms with E-state index in [0.29, 0.717) is 62.1 Å². The normalized spacial score (nSPS) is 14.7. The Morgan fingerprint density at radius 3 is 2.56 bits per heavy atom. The predicted molar refractivity (Wildman–Crippen MR) is 165 cm³/mol. The molecule has 0 unspecified atom stereocenters. The minimum Gasteiger partial charge on any atom is -0.496 e. The Balaban J connectivity index is 1.64. The first-order chi connectivity index (χ1) is 20.7. The smallest absolute Gasteiger partial charge is 0.339 e. The lowest BCUT2D eigenvalue weighted by atomic mass is 9.94. The lowest BCUT2D eigenvalue weighted by molar-refractivity contribution is -0.127. The summed E-state index contributed by atoms with van der Waals surface area (Å²) in [7, 11) is 2.85. The number of thiazole rings is 1. The second-order valence-corrected chi connectivity index (χ2v) is 11.1. The number of fused-ring (bicyclic) bond motifs is 1. The van der Waals surface area contributed by atoms with E-state index in [2.05, 4.69) is 0 Å². The molecule has 2 aromatic carbocycles. The summed E-state index contributed by atoms with van der Waals surface area (Å²) in [6, 6.07) is 15.0. The third-order valence-corrected chi connectivity index (χ3v) is 8.61. The molecule has 1 aliphatic rings.